The van der Waals surface area contributed by atoms with Crippen LogP contribution in [0, 0.1) is 0 Å². The first kappa shape index (κ1) is 10.5. The van der Waals surface area contributed by atoms with Crippen LogP contribution < -0.4 is 0 Å². The number of para-hydroxylation sites is 1. The predicted molar refractivity (Wildman–Crippen MR) is 62.2 cm³/mol. The maximum atomic E-state index is 11.4. The van der Waals surface area contributed by atoms with Crippen molar-refractivity contribution in [1.29, 1.82) is 0 Å². The molecule has 0 bridgehead atoms. The largest absolute Gasteiger partial charge is 0.463 e. The van der Waals surface area contributed by atoms with Crippen molar-refractivity contribution in [1.82, 2.24) is 0 Å². The fourth-order valence-electron chi connectivity index (χ4n) is 1.42. The first-order valence-corrected chi connectivity index (χ1v) is 4.86. The van der Waals surface area contributed by atoms with Gasteiger partial charge in [-0.05, 0) is 24.4 Å². The lowest BCUT2D eigenvalue weighted by atomic mass is 10.2. The Hall–Kier alpha value is -1.97. The fourth-order valence-corrected chi connectivity index (χ4v) is 1.51. The number of thiocarbonyl (C=S) groups is 1. The number of nitrogens with zero attached hydrogens (tertiary/aromatic N) is 1. The van der Waals surface area contributed by atoms with Gasteiger partial charge in [0, 0.05) is 5.39 Å². The fraction of sp³-hybridized carbons (Fsp3) is 0.0909. The zero-order valence-electron chi connectivity index (χ0n) is 8.39. The van der Waals surface area contributed by atoms with Gasteiger partial charge in [0.2, 0.25) is 5.76 Å². The van der Waals surface area contributed by atoms with Crippen LogP contribution in [0.3, 0.4) is 0 Å². The standard InChI is InChI=1S/C11H7NO3S/c1-14-11(13)10-9(12-6-16)7-4-2-3-5-8(7)15-10/h2-5H,1H3. The molecule has 5 heteroatoms. The summed E-state index contributed by atoms with van der Waals surface area (Å²) in [6, 6.07) is 7.15. The molecule has 1 aromatic heterocycles. The molecule has 0 aliphatic heterocycles. The maximum Gasteiger partial charge on any atom is 0.376 e. The Morgan fingerprint density at radius 2 is 2.25 bits per heavy atom. The number of benzene rings is 1. The van der Waals surface area contributed by atoms with Gasteiger partial charge in [0.25, 0.3) is 0 Å². The number of hydrogen-bond donors (Lipinski definition) is 0. The van der Waals surface area contributed by atoms with E-state index in [4.69, 9.17) is 4.42 Å². The maximum absolute atomic E-state index is 11.4. The first-order valence-electron chi connectivity index (χ1n) is 4.45. The summed E-state index contributed by atoms with van der Waals surface area (Å²) in [5.74, 6) is -0.541. The van der Waals surface area contributed by atoms with Gasteiger partial charge in [0.1, 0.15) is 11.3 Å². The van der Waals surface area contributed by atoms with Gasteiger partial charge in [-0.25, -0.2) is 4.79 Å². The summed E-state index contributed by atoms with van der Waals surface area (Å²) in [4.78, 5) is 15.3. The summed E-state index contributed by atoms with van der Waals surface area (Å²) in [6.07, 6.45) is 0. The molecule has 0 N–H and O–H groups in total. The highest BCUT2D eigenvalue weighted by atomic mass is 32.1. The molecule has 1 heterocycles. The normalized spacial score (nSPS) is 9.81. The van der Waals surface area contributed by atoms with E-state index < -0.39 is 5.97 Å². The molecule has 80 valence electrons. The Morgan fingerprint density at radius 3 is 2.94 bits per heavy atom. The van der Waals surface area contributed by atoms with Crippen LogP contribution in [0.1, 0.15) is 10.6 Å². The van der Waals surface area contributed by atoms with Crippen LogP contribution in [0.5, 0.6) is 0 Å². The Bertz CT molecular complexity index is 596. The minimum absolute atomic E-state index is 0.0426. The van der Waals surface area contributed by atoms with Crippen LogP contribution in [0.2, 0.25) is 0 Å². The second kappa shape index (κ2) is 4.26. The number of fused-ring (bicyclic) bond motifs is 1. The highest BCUT2D eigenvalue weighted by Gasteiger charge is 2.20. The quantitative estimate of drug-likeness (QED) is 0.454. The molecule has 0 radical (unpaired) electrons. The summed E-state index contributed by atoms with van der Waals surface area (Å²) >= 11 is 4.53. The SMILES string of the molecule is COC(=O)c1oc2ccccc2c1N=C=S. The van der Waals surface area contributed by atoms with Crippen molar-refractivity contribution in [3.05, 3.63) is 30.0 Å². The van der Waals surface area contributed by atoms with Gasteiger partial charge in [0.15, 0.2) is 0 Å². The number of methoxy groups -OCH3 is 1. The number of esters is 1. The number of carbonyl (C=O) groups excluding carboxylic acids is 1. The monoisotopic (exact) mass is 233 g/mol. The molecule has 0 aliphatic rings. The summed E-state index contributed by atoms with van der Waals surface area (Å²) in [7, 11) is 1.28. The lowest BCUT2D eigenvalue weighted by Gasteiger charge is -1.93. The highest BCUT2D eigenvalue weighted by molar-refractivity contribution is 7.78. The van der Waals surface area contributed by atoms with Gasteiger partial charge in [0.05, 0.1) is 12.3 Å². The molecule has 0 saturated carbocycles. The third-order valence-electron chi connectivity index (χ3n) is 2.10. The van der Waals surface area contributed by atoms with Gasteiger partial charge < -0.3 is 9.15 Å². The molecular formula is C11H7NO3S. The van der Waals surface area contributed by atoms with Gasteiger partial charge in [-0.1, -0.05) is 12.1 Å². The molecule has 2 aromatic rings. The summed E-state index contributed by atoms with van der Waals surface area (Å²) in [5.41, 5.74) is 0.921. The second-order valence-electron chi connectivity index (χ2n) is 2.97. The van der Waals surface area contributed by atoms with E-state index in [1.165, 1.54) is 7.11 Å². The van der Waals surface area contributed by atoms with E-state index in [9.17, 15) is 4.79 Å². The molecule has 0 spiro atoms. The molecule has 16 heavy (non-hydrogen) atoms. The van der Waals surface area contributed by atoms with Crippen molar-refractivity contribution >= 4 is 40.0 Å². The molecule has 0 unspecified atom stereocenters. The second-order valence-corrected chi connectivity index (χ2v) is 3.15. The Morgan fingerprint density at radius 1 is 1.50 bits per heavy atom. The molecule has 1 aromatic carbocycles. The van der Waals surface area contributed by atoms with Crippen molar-refractivity contribution < 1.29 is 13.9 Å². The molecule has 0 aliphatic carbocycles. The van der Waals surface area contributed by atoms with E-state index in [1.807, 2.05) is 6.07 Å². The lowest BCUT2D eigenvalue weighted by molar-refractivity contribution is 0.0569. The Kier molecular flexibility index (Phi) is 2.81. The van der Waals surface area contributed by atoms with E-state index in [1.54, 1.807) is 18.2 Å². The Labute approximate surface area is 96.5 Å². The zero-order valence-corrected chi connectivity index (χ0v) is 9.21. The number of aliphatic imine (C=N–C) groups is 1. The van der Waals surface area contributed by atoms with E-state index >= 15 is 0 Å². The van der Waals surface area contributed by atoms with E-state index in [-0.39, 0.29) is 5.76 Å². The van der Waals surface area contributed by atoms with Crippen molar-refractivity contribution in [2.45, 2.75) is 0 Å². The zero-order chi connectivity index (χ0) is 11.5. The molecule has 0 saturated heterocycles. The molecule has 4 nitrogen and oxygen atoms in total. The summed E-state index contributed by atoms with van der Waals surface area (Å²) in [6.45, 7) is 0. The van der Waals surface area contributed by atoms with Gasteiger partial charge in [-0.3, -0.25) is 0 Å². The van der Waals surface area contributed by atoms with Crippen molar-refractivity contribution in [3.8, 4) is 0 Å². The van der Waals surface area contributed by atoms with Crippen LogP contribution in [0.15, 0.2) is 33.7 Å². The number of hydrogen-bond acceptors (Lipinski definition) is 5. The molecule has 0 atom stereocenters. The summed E-state index contributed by atoms with van der Waals surface area (Å²) in [5, 5.41) is 2.93. The van der Waals surface area contributed by atoms with Crippen molar-refractivity contribution in [2.24, 2.45) is 4.99 Å². The Balaban J connectivity index is 2.77. The van der Waals surface area contributed by atoms with Crippen LogP contribution in [-0.2, 0) is 4.74 Å². The van der Waals surface area contributed by atoms with E-state index in [0.29, 0.717) is 16.7 Å². The van der Waals surface area contributed by atoms with E-state index in [2.05, 4.69) is 27.1 Å². The first-order chi connectivity index (χ1) is 7.77. The number of carbonyl (C=O) groups is 1. The topological polar surface area (TPSA) is 51.8 Å². The number of isothiocyanates is 1. The number of ether oxygens (including phenoxy) is 1. The average molecular weight is 233 g/mol. The van der Waals surface area contributed by atoms with Crippen LogP contribution in [0.25, 0.3) is 11.0 Å². The molecule has 2 rings (SSSR count). The smallest absolute Gasteiger partial charge is 0.376 e. The average Bonchev–Trinajstić information content (AvgIpc) is 2.68. The highest BCUT2D eigenvalue weighted by Crippen LogP contribution is 2.33. The van der Waals surface area contributed by atoms with Gasteiger partial charge >= 0.3 is 5.97 Å². The number of rotatable bonds is 2. The third-order valence-corrected chi connectivity index (χ3v) is 2.19. The van der Waals surface area contributed by atoms with Crippen molar-refractivity contribution in [2.75, 3.05) is 7.11 Å². The van der Waals surface area contributed by atoms with Gasteiger partial charge in [-0.15, -0.1) is 0 Å². The lowest BCUT2D eigenvalue weighted by Crippen LogP contribution is -1.98. The summed E-state index contributed by atoms with van der Waals surface area (Å²) < 4.78 is 9.95. The third kappa shape index (κ3) is 1.62. The van der Waals surface area contributed by atoms with Gasteiger partial charge in [-0.2, -0.15) is 4.99 Å². The minimum Gasteiger partial charge on any atom is -0.463 e. The van der Waals surface area contributed by atoms with E-state index in [0.717, 1.165) is 0 Å². The van der Waals surface area contributed by atoms with Crippen LogP contribution in [-0.4, -0.2) is 18.2 Å². The number of furan rings is 1. The molecule has 0 amide bonds. The van der Waals surface area contributed by atoms with Crippen molar-refractivity contribution in [3.63, 3.8) is 0 Å². The molecular weight excluding hydrogens is 226 g/mol. The van der Waals surface area contributed by atoms with Crippen LogP contribution in [0.4, 0.5) is 5.69 Å². The van der Waals surface area contributed by atoms with Crippen LogP contribution >= 0.6 is 12.2 Å². The predicted octanol–water partition coefficient (Wildman–Crippen LogP) is 2.95. The minimum atomic E-state index is -0.583. The molecule has 0 fully saturated rings.